The maximum atomic E-state index is 11.9. The van der Waals surface area contributed by atoms with E-state index in [1.807, 2.05) is 6.92 Å². The number of anilines is 1. The molecule has 19 heavy (non-hydrogen) atoms. The normalized spacial score (nSPS) is 14.5. The van der Waals surface area contributed by atoms with Crippen LogP contribution in [0.1, 0.15) is 25.8 Å². The third kappa shape index (κ3) is 2.64. The minimum absolute atomic E-state index is 0.0704. The van der Waals surface area contributed by atoms with Crippen molar-refractivity contribution >= 4 is 21.6 Å². The molecule has 0 aromatic heterocycles. The summed E-state index contributed by atoms with van der Waals surface area (Å²) in [6.45, 7) is 4.56. The monoisotopic (exact) mass is 282 g/mol. The fourth-order valence-corrected chi connectivity index (χ4v) is 3.36. The van der Waals surface area contributed by atoms with E-state index in [0.717, 1.165) is 11.3 Å². The van der Waals surface area contributed by atoms with Crippen LogP contribution in [0.25, 0.3) is 0 Å². The fraction of sp³-hybridized carbons (Fsp3) is 0.462. The molecule has 0 aliphatic carbocycles. The van der Waals surface area contributed by atoms with Crippen molar-refractivity contribution in [1.82, 2.24) is 4.72 Å². The Bertz CT molecular complexity index is 596. The van der Waals surface area contributed by atoms with Crippen LogP contribution < -0.4 is 9.62 Å². The molecule has 0 saturated carbocycles. The minimum Gasteiger partial charge on any atom is -0.312 e. The number of carbonyl (C=O) groups excluding carboxylic acids is 1. The van der Waals surface area contributed by atoms with Gasteiger partial charge < -0.3 is 4.90 Å². The summed E-state index contributed by atoms with van der Waals surface area (Å²) in [5.74, 6) is 0.0704. The minimum atomic E-state index is -3.43. The molecule has 0 fully saturated rings. The van der Waals surface area contributed by atoms with Crippen molar-refractivity contribution in [3.63, 3.8) is 0 Å². The lowest BCUT2D eigenvalue weighted by atomic mass is 10.2. The Labute approximate surface area is 113 Å². The predicted octanol–water partition coefficient (Wildman–Crippen LogP) is 1.28. The Morgan fingerprint density at radius 3 is 2.74 bits per heavy atom. The summed E-state index contributed by atoms with van der Waals surface area (Å²) in [5.41, 5.74) is 1.75. The highest BCUT2D eigenvalue weighted by Crippen LogP contribution is 2.30. The molecule has 1 aromatic carbocycles. The molecule has 1 aliphatic rings. The van der Waals surface area contributed by atoms with E-state index in [-0.39, 0.29) is 10.8 Å². The van der Waals surface area contributed by atoms with Crippen LogP contribution in [0.3, 0.4) is 0 Å². The lowest BCUT2D eigenvalue weighted by molar-refractivity contribution is -0.118. The highest BCUT2D eigenvalue weighted by molar-refractivity contribution is 7.89. The lowest BCUT2D eigenvalue weighted by Crippen LogP contribution is -2.27. The van der Waals surface area contributed by atoms with Gasteiger partial charge in [-0.05, 0) is 30.2 Å². The van der Waals surface area contributed by atoms with Crippen molar-refractivity contribution in [2.75, 3.05) is 18.0 Å². The van der Waals surface area contributed by atoms with Gasteiger partial charge in [-0.1, -0.05) is 13.8 Å². The zero-order valence-electron chi connectivity index (χ0n) is 11.1. The molecule has 0 bridgehead atoms. The molecule has 1 N–H and O–H groups in total. The second-order valence-electron chi connectivity index (χ2n) is 4.44. The van der Waals surface area contributed by atoms with Gasteiger partial charge in [0.25, 0.3) is 0 Å². The molecule has 0 spiro atoms. The number of fused-ring (bicyclic) bond motifs is 1. The van der Waals surface area contributed by atoms with E-state index < -0.39 is 10.0 Å². The average molecular weight is 282 g/mol. The van der Waals surface area contributed by atoms with E-state index in [1.54, 1.807) is 30.0 Å². The first-order valence-corrected chi connectivity index (χ1v) is 7.91. The van der Waals surface area contributed by atoms with E-state index in [4.69, 9.17) is 0 Å². The van der Waals surface area contributed by atoms with Gasteiger partial charge in [0.2, 0.25) is 15.9 Å². The SMILES string of the molecule is CCNS(=O)(=O)c1ccc2c(c1)CCN2C(=O)CC. The summed E-state index contributed by atoms with van der Waals surface area (Å²) >= 11 is 0. The Hall–Kier alpha value is -1.40. The van der Waals surface area contributed by atoms with Crippen LogP contribution in [0.4, 0.5) is 5.69 Å². The van der Waals surface area contributed by atoms with E-state index in [0.29, 0.717) is 25.9 Å². The van der Waals surface area contributed by atoms with Gasteiger partial charge in [0.15, 0.2) is 0 Å². The standard InChI is InChI=1S/C13H18N2O3S/c1-3-13(16)15-8-7-10-9-11(5-6-12(10)15)19(17,18)14-4-2/h5-6,9,14H,3-4,7-8H2,1-2H3. The van der Waals surface area contributed by atoms with E-state index >= 15 is 0 Å². The highest BCUT2D eigenvalue weighted by atomic mass is 32.2. The van der Waals surface area contributed by atoms with Crippen LogP contribution in [0.2, 0.25) is 0 Å². The van der Waals surface area contributed by atoms with Crippen LogP contribution >= 0.6 is 0 Å². The van der Waals surface area contributed by atoms with Gasteiger partial charge in [0.1, 0.15) is 0 Å². The number of hydrogen-bond donors (Lipinski definition) is 1. The molecule has 0 saturated heterocycles. The van der Waals surface area contributed by atoms with Crippen LogP contribution in [-0.2, 0) is 21.2 Å². The third-order valence-electron chi connectivity index (χ3n) is 3.19. The Kier molecular flexibility index (Phi) is 3.91. The zero-order valence-corrected chi connectivity index (χ0v) is 12.0. The van der Waals surface area contributed by atoms with Gasteiger partial charge >= 0.3 is 0 Å². The molecule has 0 radical (unpaired) electrons. The number of amides is 1. The predicted molar refractivity (Wildman–Crippen MR) is 73.7 cm³/mol. The van der Waals surface area contributed by atoms with Crippen molar-refractivity contribution in [3.05, 3.63) is 23.8 Å². The summed E-state index contributed by atoms with van der Waals surface area (Å²) in [7, 11) is -3.43. The Balaban J connectivity index is 2.35. The van der Waals surface area contributed by atoms with Crippen LogP contribution in [0, 0.1) is 0 Å². The maximum Gasteiger partial charge on any atom is 0.240 e. The number of nitrogens with zero attached hydrogens (tertiary/aromatic N) is 1. The molecule has 0 unspecified atom stereocenters. The van der Waals surface area contributed by atoms with E-state index in [9.17, 15) is 13.2 Å². The zero-order chi connectivity index (χ0) is 14.0. The van der Waals surface area contributed by atoms with Gasteiger partial charge in [-0.15, -0.1) is 0 Å². The van der Waals surface area contributed by atoms with Gasteiger partial charge in [-0.3, -0.25) is 4.79 Å². The summed E-state index contributed by atoms with van der Waals surface area (Å²) < 4.78 is 26.3. The smallest absolute Gasteiger partial charge is 0.240 e. The number of benzene rings is 1. The first-order valence-electron chi connectivity index (χ1n) is 6.42. The summed E-state index contributed by atoms with van der Waals surface area (Å²) in [6, 6.07) is 4.94. The van der Waals surface area contributed by atoms with Crippen LogP contribution in [0.15, 0.2) is 23.1 Å². The van der Waals surface area contributed by atoms with Crippen LogP contribution in [0.5, 0.6) is 0 Å². The number of carbonyl (C=O) groups is 1. The fourth-order valence-electron chi connectivity index (χ4n) is 2.27. The topological polar surface area (TPSA) is 66.5 Å². The van der Waals surface area contributed by atoms with Crippen molar-refractivity contribution < 1.29 is 13.2 Å². The average Bonchev–Trinajstić information content (AvgIpc) is 2.80. The number of rotatable bonds is 4. The molecule has 2 rings (SSSR count). The largest absolute Gasteiger partial charge is 0.312 e. The number of hydrogen-bond acceptors (Lipinski definition) is 3. The molecule has 6 heteroatoms. The molecular formula is C13H18N2O3S. The Morgan fingerprint density at radius 2 is 2.11 bits per heavy atom. The molecule has 1 heterocycles. The molecule has 0 atom stereocenters. The van der Waals surface area contributed by atoms with Crippen LogP contribution in [-0.4, -0.2) is 27.4 Å². The summed E-state index contributed by atoms with van der Waals surface area (Å²) in [5, 5.41) is 0. The van der Waals surface area contributed by atoms with Crippen molar-refractivity contribution in [3.8, 4) is 0 Å². The first kappa shape index (κ1) is 14.0. The molecular weight excluding hydrogens is 264 g/mol. The molecule has 1 amide bonds. The van der Waals surface area contributed by atoms with Gasteiger partial charge in [-0.2, -0.15) is 0 Å². The van der Waals surface area contributed by atoms with Crippen molar-refractivity contribution in [2.45, 2.75) is 31.6 Å². The number of sulfonamides is 1. The quantitative estimate of drug-likeness (QED) is 0.904. The van der Waals surface area contributed by atoms with E-state index in [1.165, 1.54) is 0 Å². The first-order chi connectivity index (χ1) is 8.99. The highest BCUT2D eigenvalue weighted by Gasteiger charge is 2.25. The summed E-state index contributed by atoms with van der Waals surface area (Å²) in [6.07, 6.45) is 1.16. The van der Waals surface area contributed by atoms with E-state index in [2.05, 4.69) is 4.72 Å². The van der Waals surface area contributed by atoms with Gasteiger partial charge in [0.05, 0.1) is 4.90 Å². The Morgan fingerprint density at radius 1 is 1.37 bits per heavy atom. The van der Waals surface area contributed by atoms with Gasteiger partial charge in [-0.25, -0.2) is 13.1 Å². The second-order valence-corrected chi connectivity index (χ2v) is 6.21. The molecule has 5 nitrogen and oxygen atoms in total. The van der Waals surface area contributed by atoms with Crippen molar-refractivity contribution in [2.24, 2.45) is 0 Å². The lowest BCUT2D eigenvalue weighted by Gasteiger charge is -2.16. The van der Waals surface area contributed by atoms with Crippen molar-refractivity contribution in [1.29, 1.82) is 0 Å². The maximum absolute atomic E-state index is 11.9. The molecule has 1 aromatic rings. The molecule has 1 aliphatic heterocycles. The summed E-state index contributed by atoms with van der Waals surface area (Å²) in [4.78, 5) is 13.7. The molecule has 104 valence electrons. The third-order valence-corrected chi connectivity index (χ3v) is 4.74. The number of nitrogens with one attached hydrogen (secondary N) is 1. The second kappa shape index (κ2) is 5.30. The van der Waals surface area contributed by atoms with Gasteiger partial charge in [0, 0.05) is 25.2 Å².